The van der Waals surface area contributed by atoms with E-state index in [1.807, 2.05) is 0 Å². The maximum atomic E-state index is 12.1. The minimum absolute atomic E-state index is 0.244. The van der Waals surface area contributed by atoms with Gasteiger partial charge >= 0.3 is 0 Å². The highest BCUT2D eigenvalue weighted by atomic mass is 16.2. The van der Waals surface area contributed by atoms with E-state index in [1.54, 1.807) is 6.21 Å². The first-order chi connectivity index (χ1) is 10.8. The molecule has 0 spiro atoms. The Balaban J connectivity index is 1.43. The molecule has 6 heteroatoms. The number of hydrogen-bond acceptors (Lipinski definition) is 3. The summed E-state index contributed by atoms with van der Waals surface area (Å²) in [4.78, 5) is 15.5. The molecule has 2 aliphatic carbocycles. The lowest BCUT2D eigenvalue weighted by atomic mass is 9.98. The summed E-state index contributed by atoms with van der Waals surface area (Å²) < 4.78 is 0. The van der Waals surface area contributed by atoms with Gasteiger partial charge in [-0.05, 0) is 56.6 Å². The van der Waals surface area contributed by atoms with Crippen molar-refractivity contribution < 1.29 is 4.79 Å². The molecule has 2 heterocycles. The molecule has 0 atom stereocenters. The van der Waals surface area contributed by atoms with Crippen molar-refractivity contribution in [2.24, 2.45) is 5.10 Å². The van der Waals surface area contributed by atoms with Crippen LogP contribution in [-0.2, 0) is 25.7 Å². The third kappa shape index (κ3) is 2.34. The van der Waals surface area contributed by atoms with Gasteiger partial charge in [-0.25, -0.2) is 5.43 Å². The standard InChI is InChI=1S/C16H19N5O/c22-16(15-12-5-3-7-14(12)19-20-15)21-17-9-11-8-10-4-1-2-6-13(10)18-11/h8-9,18H,1-7H2,(H,19,20)(H,21,22)/b17-9-. The first kappa shape index (κ1) is 13.3. The smallest absolute Gasteiger partial charge is 0.292 e. The van der Waals surface area contributed by atoms with Crippen molar-refractivity contribution in [1.29, 1.82) is 0 Å². The number of aryl methyl sites for hydroxylation is 3. The average molecular weight is 297 g/mol. The summed E-state index contributed by atoms with van der Waals surface area (Å²) in [5.74, 6) is -0.244. The molecule has 2 aromatic rings. The first-order valence-electron chi connectivity index (χ1n) is 7.91. The van der Waals surface area contributed by atoms with Gasteiger partial charge in [0.15, 0.2) is 5.69 Å². The molecule has 0 bridgehead atoms. The Kier molecular flexibility index (Phi) is 3.29. The highest BCUT2D eigenvalue weighted by Gasteiger charge is 2.22. The van der Waals surface area contributed by atoms with Crippen LogP contribution in [0.1, 0.15) is 58.0 Å². The van der Waals surface area contributed by atoms with Crippen molar-refractivity contribution in [2.75, 3.05) is 0 Å². The van der Waals surface area contributed by atoms with E-state index in [9.17, 15) is 4.79 Å². The molecule has 0 aromatic carbocycles. The Morgan fingerprint density at radius 3 is 2.95 bits per heavy atom. The number of carbonyl (C=O) groups excluding carboxylic acids is 1. The third-order valence-electron chi connectivity index (χ3n) is 4.53. The van der Waals surface area contributed by atoms with E-state index < -0.39 is 0 Å². The van der Waals surface area contributed by atoms with Gasteiger partial charge in [0, 0.05) is 17.0 Å². The van der Waals surface area contributed by atoms with Crippen molar-refractivity contribution in [3.05, 3.63) is 40.0 Å². The number of rotatable bonds is 3. The minimum Gasteiger partial charge on any atom is -0.357 e. The van der Waals surface area contributed by atoms with E-state index in [0.717, 1.165) is 49.1 Å². The van der Waals surface area contributed by atoms with E-state index in [2.05, 4.69) is 31.8 Å². The van der Waals surface area contributed by atoms with Crippen LogP contribution in [-0.4, -0.2) is 27.3 Å². The molecule has 1 amide bonds. The van der Waals surface area contributed by atoms with Crippen LogP contribution in [0, 0.1) is 0 Å². The number of carbonyl (C=O) groups is 1. The van der Waals surface area contributed by atoms with Crippen LogP contribution >= 0.6 is 0 Å². The van der Waals surface area contributed by atoms with E-state index in [0.29, 0.717) is 5.69 Å². The average Bonchev–Trinajstić information content (AvgIpc) is 3.21. The van der Waals surface area contributed by atoms with Crippen LogP contribution in [0.5, 0.6) is 0 Å². The van der Waals surface area contributed by atoms with E-state index in [-0.39, 0.29) is 5.91 Å². The zero-order valence-corrected chi connectivity index (χ0v) is 12.4. The fourth-order valence-corrected chi connectivity index (χ4v) is 3.42. The summed E-state index contributed by atoms with van der Waals surface area (Å²) in [5, 5.41) is 11.1. The van der Waals surface area contributed by atoms with Gasteiger partial charge in [0.25, 0.3) is 5.91 Å². The molecule has 0 aliphatic heterocycles. The van der Waals surface area contributed by atoms with Crippen LogP contribution in [0.3, 0.4) is 0 Å². The van der Waals surface area contributed by atoms with Gasteiger partial charge in [-0.15, -0.1) is 0 Å². The van der Waals surface area contributed by atoms with E-state index in [1.165, 1.54) is 24.1 Å². The number of aromatic amines is 2. The molecule has 2 aromatic heterocycles. The largest absolute Gasteiger partial charge is 0.357 e. The van der Waals surface area contributed by atoms with E-state index >= 15 is 0 Å². The molecule has 6 nitrogen and oxygen atoms in total. The third-order valence-corrected chi connectivity index (χ3v) is 4.53. The predicted molar refractivity (Wildman–Crippen MR) is 83.1 cm³/mol. The van der Waals surface area contributed by atoms with Gasteiger partial charge in [0.1, 0.15) is 0 Å². The van der Waals surface area contributed by atoms with Crippen molar-refractivity contribution >= 4 is 12.1 Å². The lowest BCUT2D eigenvalue weighted by Crippen LogP contribution is -2.19. The molecule has 0 saturated heterocycles. The van der Waals surface area contributed by atoms with Gasteiger partial charge < -0.3 is 4.98 Å². The molecule has 0 unspecified atom stereocenters. The predicted octanol–water partition coefficient (Wildman–Crippen LogP) is 1.87. The number of nitrogens with one attached hydrogen (secondary N) is 3. The second kappa shape index (κ2) is 5.44. The summed E-state index contributed by atoms with van der Waals surface area (Å²) in [6.45, 7) is 0. The highest BCUT2D eigenvalue weighted by Crippen LogP contribution is 2.23. The topological polar surface area (TPSA) is 85.9 Å². The van der Waals surface area contributed by atoms with Gasteiger partial charge in [-0.1, -0.05) is 0 Å². The van der Waals surface area contributed by atoms with Crippen LogP contribution in [0.4, 0.5) is 0 Å². The van der Waals surface area contributed by atoms with Crippen LogP contribution < -0.4 is 5.43 Å². The normalized spacial score (nSPS) is 16.7. The number of nitrogens with zero attached hydrogens (tertiary/aromatic N) is 2. The highest BCUT2D eigenvalue weighted by molar-refractivity contribution is 5.94. The van der Waals surface area contributed by atoms with Crippen LogP contribution in [0.15, 0.2) is 11.2 Å². The van der Waals surface area contributed by atoms with Gasteiger partial charge in [0.05, 0.1) is 11.9 Å². The zero-order valence-electron chi connectivity index (χ0n) is 12.4. The van der Waals surface area contributed by atoms with Crippen molar-refractivity contribution in [2.45, 2.75) is 44.9 Å². The minimum atomic E-state index is -0.244. The maximum absolute atomic E-state index is 12.1. The SMILES string of the molecule is O=C(N/N=C\c1cc2c([nH]1)CCCC2)c1n[nH]c2c1CCC2. The molecule has 3 N–H and O–H groups in total. The van der Waals surface area contributed by atoms with E-state index in [4.69, 9.17) is 0 Å². The van der Waals surface area contributed by atoms with Gasteiger partial charge in [0.2, 0.25) is 0 Å². The second-order valence-electron chi connectivity index (χ2n) is 6.02. The monoisotopic (exact) mass is 297 g/mol. The second-order valence-corrected chi connectivity index (χ2v) is 6.02. The Morgan fingerprint density at radius 2 is 2.05 bits per heavy atom. The number of amides is 1. The lowest BCUT2D eigenvalue weighted by molar-refractivity contribution is 0.0949. The van der Waals surface area contributed by atoms with Crippen LogP contribution in [0.2, 0.25) is 0 Å². The molecule has 0 fully saturated rings. The Morgan fingerprint density at radius 1 is 1.18 bits per heavy atom. The fourth-order valence-electron chi connectivity index (χ4n) is 3.42. The number of hydrazone groups is 1. The number of aromatic nitrogens is 3. The van der Waals surface area contributed by atoms with Crippen molar-refractivity contribution in [3.63, 3.8) is 0 Å². The number of H-pyrrole nitrogens is 2. The molecule has 22 heavy (non-hydrogen) atoms. The summed E-state index contributed by atoms with van der Waals surface area (Å²) in [6.07, 6.45) is 9.38. The first-order valence-corrected chi connectivity index (χ1v) is 7.91. The molecular weight excluding hydrogens is 278 g/mol. The van der Waals surface area contributed by atoms with Gasteiger partial charge in [-0.3, -0.25) is 9.89 Å². The maximum Gasteiger partial charge on any atom is 0.292 e. The Hall–Kier alpha value is -2.37. The molecule has 4 rings (SSSR count). The Labute approximate surface area is 128 Å². The molecule has 0 saturated carbocycles. The number of fused-ring (bicyclic) bond motifs is 2. The van der Waals surface area contributed by atoms with Crippen molar-refractivity contribution in [1.82, 2.24) is 20.6 Å². The van der Waals surface area contributed by atoms with Crippen LogP contribution in [0.25, 0.3) is 0 Å². The molecular formula is C16H19N5O. The molecule has 114 valence electrons. The quantitative estimate of drug-likeness (QED) is 0.596. The molecule has 2 aliphatic rings. The Bertz CT molecular complexity index is 716. The number of hydrogen-bond donors (Lipinski definition) is 3. The fraction of sp³-hybridized carbons (Fsp3) is 0.438. The molecule has 0 radical (unpaired) electrons. The summed E-state index contributed by atoms with van der Waals surface area (Å²) in [5.41, 5.74) is 8.82. The lowest BCUT2D eigenvalue weighted by Gasteiger charge is -2.08. The summed E-state index contributed by atoms with van der Waals surface area (Å²) >= 11 is 0. The summed E-state index contributed by atoms with van der Waals surface area (Å²) in [6, 6.07) is 2.12. The zero-order chi connectivity index (χ0) is 14.9. The summed E-state index contributed by atoms with van der Waals surface area (Å²) in [7, 11) is 0. The van der Waals surface area contributed by atoms with Gasteiger partial charge in [-0.2, -0.15) is 10.2 Å². The van der Waals surface area contributed by atoms with Crippen molar-refractivity contribution in [3.8, 4) is 0 Å².